The molecule has 0 bridgehead atoms. The maximum atomic E-state index is 12.7. The van der Waals surface area contributed by atoms with Crippen LogP contribution in [-0.2, 0) is 11.3 Å². The second kappa shape index (κ2) is 8.95. The normalized spacial score (nSPS) is 10.6. The molecule has 9 nitrogen and oxygen atoms in total. The number of aromatic nitrogens is 3. The molecule has 0 aliphatic carbocycles. The number of hydrogen-bond donors (Lipinski definition) is 1. The lowest BCUT2D eigenvalue weighted by Crippen LogP contribution is -2.46. The molecule has 1 aromatic heterocycles. The van der Waals surface area contributed by atoms with Gasteiger partial charge in [0.25, 0.3) is 11.5 Å². The summed E-state index contributed by atoms with van der Waals surface area (Å²) in [6.45, 7) is 2.55. The van der Waals surface area contributed by atoms with Gasteiger partial charge in [0.05, 0.1) is 19.4 Å². The summed E-state index contributed by atoms with van der Waals surface area (Å²) >= 11 is 0. The SMILES string of the molecule is CCCn1c(=O)c(C(=O)NCCOC)nn(-c2ccc(OC)cc2)c1=O. The number of amides is 1. The highest BCUT2D eigenvalue weighted by Gasteiger charge is 2.19. The van der Waals surface area contributed by atoms with Gasteiger partial charge in [-0.2, -0.15) is 9.78 Å². The van der Waals surface area contributed by atoms with Gasteiger partial charge in [-0.05, 0) is 30.7 Å². The average Bonchev–Trinajstić information content (AvgIpc) is 2.65. The van der Waals surface area contributed by atoms with Crippen LogP contribution in [0.2, 0.25) is 0 Å². The first-order valence-corrected chi connectivity index (χ1v) is 8.19. The Bertz CT molecular complexity index is 870. The van der Waals surface area contributed by atoms with Gasteiger partial charge in [-0.25, -0.2) is 4.79 Å². The Labute approximate surface area is 150 Å². The van der Waals surface area contributed by atoms with Crippen LogP contribution in [0.25, 0.3) is 5.69 Å². The van der Waals surface area contributed by atoms with E-state index in [0.29, 0.717) is 24.5 Å². The summed E-state index contributed by atoms with van der Waals surface area (Å²) in [5.74, 6) is -0.0413. The van der Waals surface area contributed by atoms with Gasteiger partial charge >= 0.3 is 5.69 Å². The van der Waals surface area contributed by atoms with Gasteiger partial charge in [0.15, 0.2) is 0 Å². The molecule has 0 fully saturated rings. The number of carbonyl (C=O) groups is 1. The highest BCUT2D eigenvalue weighted by atomic mass is 16.5. The third-order valence-corrected chi connectivity index (χ3v) is 3.63. The van der Waals surface area contributed by atoms with Crippen LogP contribution in [0.1, 0.15) is 23.8 Å². The van der Waals surface area contributed by atoms with Crippen molar-refractivity contribution >= 4 is 5.91 Å². The maximum Gasteiger partial charge on any atom is 0.352 e. The molecule has 2 rings (SSSR count). The third-order valence-electron chi connectivity index (χ3n) is 3.63. The smallest absolute Gasteiger partial charge is 0.352 e. The molecule has 2 aromatic rings. The van der Waals surface area contributed by atoms with E-state index in [1.54, 1.807) is 24.3 Å². The van der Waals surface area contributed by atoms with Gasteiger partial charge in [-0.15, -0.1) is 0 Å². The Morgan fingerprint density at radius 3 is 2.46 bits per heavy atom. The predicted octanol–water partition coefficient (Wildman–Crippen LogP) is 0.189. The third kappa shape index (κ3) is 4.17. The van der Waals surface area contributed by atoms with Crippen LogP contribution in [0.3, 0.4) is 0 Å². The molecule has 140 valence electrons. The Hall–Kier alpha value is -2.94. The van der Waals surface area contributed by atoms with E-state index in [2.05, 4.69) is 10.4 Å². The van der Waals surface area contributed by atoms with E-state index in [4.69, 9.17) is 9.47 Å². The molecule has 1 heterocycles. The average molecular weight is 362 g/mol. The lowest BCUT2D eigenvalue weighted by molar-refractivity contribution is 0.0927. The Kier molecular flexibility index (Phi) is 6.67. The molecular formula is C17H22N4O5. The minimum Gasteiger partial charge on any atom is -0.497 e. The van der Waals surface area contributed by atoms with Crippen LogP contribution < -0.4 is 21.3 Å². The maximum absolute atomic E-state index is 12.7. The summed E-state index contributed by atoms with van der Waals surface area (Å²) in [7, 11) is 3.03. The number of nitrogens with zero attached hydrogens (tertiary/aromatic N) is 3. The number of ether oxygens (including phenoxy) is 2. The van der Waals surface area contributed by atoms with E-state index in [0.717, 1.165) is 9.25 Å². The molecule has 26 heavy (non-hydrogen) atoms. The molecule has 0 radical (unpaired) electrons. The zero-order chi connectivity index (χ0) is 19.1. The molecule has 1 amide bonds. The standard InChI is InChI=1S/C17H22N4O5/c1-4-10-20-16(23)14(15(22)18-9-11-25-2)19-21(17(20)24)12-5-7-13(26-3)8-6-12/h5-8H,4,9-11H2,1-3H3,(H,18,22). The van der Waals surface area contributed by atoms with E-state index in [9.17, 15) is 14.4 Å². The number of nitrogens with one attached hydrogen (secondary N) is 1. The zero-order valence-corrected chi connectivity index (χ0v) is 15.0. The van der Waals surface area contributed by atoms with Crippen molar-refractivity contribution in [2.75, 3.05) is 27.4 Å². The Morgan fingerprint density at radius 1 is 1.19 bits per heavy atom. The fraction of sp³-hybridized carbons (Fsp3) is 0.412. The first-order chi connectivity index (χ1) is 12.5. The van der Waals surface area contributed by atoms with Gasteiger partial charge < -0.3 is 14.8 Å². The molecule has 0 aliphatic heterocycles. The van der Waals surface area contributed by atoms with Crippen molar-refractivity contribution in [3.05, 3.63) is 50.8 Å². The number of methoxy groups -OCH3 is 2. The van der Waals surface area contributed by atoms with Crippen LogP contribution in [0, 0.1) is 0 Å². The number of hydrogen-bond acceptors (Lipinski definition) is 6. The second-order valence-corrected chi connectivity index (χ2v) is 5.45. The predicted molar refractivity (Wildman–Crippen MR) is 95.1 cm³/mol. The topological polar surface area (TPSA) is 104 Å². The van der Waals surface area contributed by atoms with Crippen molar-refractivity contribution in [3.8, 4) is 11.4 Å². The lowest BCUT2D eigenvalue weighted by atomic mass is 10.3. The summed E-state index contributed by atoms with van der Waals surface area (Å²) in [4.78, 5) is 37.5. The minimum absolute atomic E-state index is 0.189. The number of benzene rings is 1. The number of rotatable bonds is 8. The molecule has 0 unspecified atom stereocenters. The minimum atomic E-state index is -0.712. The van der Waals surface area contributed by atoms with Gasteiger partial charge in [-0.1, -0.05) is 6.92 Å². The van der Waals surface area contributed by atoms with Gasteiger partial charge in [0, 0.05) is 20.2 Å². The summed E-state index contributed by atoms with van der Waals surface area (Å²) < 4.78 is 12.0. The van der Waals surface area contributed by atoms with Crippen LogP contribution in [0.15, 0.2) is 33.9 Å². The van der Waals surface area contributed by atoms with Crippen molar-refractivity contribution in [1.82, 2.24) is 19.7 Å². The Morgan fingerprint density at radius 2 is 1.88 bits per heavy atom. The Balaban J connectivity index is 2.54. The zero-order valence-electron chi connectivity index (χ0n) is 15.0. The summed E-state index contributed by atoms with van der Waals surface area (Å²) in [5, 5.41) is 6.55. The molecule has 9 heteroatoms. The molecule has 1 N–H and O–H groups in total. The van der Waals surface area contributed by atoms with E-state index in [1.165, 1.54) is 14.2 Å². The molecule has 0 spiro atoms. The molecule has 0 saturated heterocycles. The van der Waals surface area contributed by atoms with Gasteiger partial charge in [-0.3, -0.25) is 14.2 Å². The van der Waals surface area contributed by atoms with Crippen molar-refractivity contribution in [2.45, 2.75) is 19.9 Å². The summed E-state index contributed by atoms with van der Waals surface area (Å²) in [5.41, 5.74) is -1.23. The first kappa shape index (κ1) is 19.4. The largest absolute Gasteiger partial charge is 0.497 e. The molecule has 0 aliphatic rings. The second-order valence-electron chi connectivity index (χ2n) is 5.45. The van der Waals surface area contributed by atoms with Crippen LogP contribution in [0.5, 0.6) is 5.75 Å². The van der Waals surface area contributed by atoms with E-state index in [-0.39, 0.29) is 18.8 Å². The molecular weight excluding hydrogens is 340 g/mol. The van der Waals surface area contributed by atoms with Crippen LogP contribution in [0.4, 0.5) is 0 Å². The quantitative estimate of drug-likeness (QED) is 0.672. The molecule has 0 saturated carbocycles. The lowest BCUT2D eigenvalue weighted by Gasteiger charge is -2.12. The fourth-order valence-electron chi connectivity index (χ4n) is 2.32. The van der Waals surface area contributed by atoms with Gasteiger partial charge in [0.1, 0.15) is 5.75 Å². The molecule has 0 atom stereocenters. The highest BCUT2D eigenvalue weighted by molar-refractivity contribution is 5.91. The fourth-order valence-corrected chi connectivity index (χ4v) is 2.32. The first-order valence-electron chi connectivity index (χ1n) is 8.19. The van der Waals surface area contributed by atoms with E-state index >= 15 is 0 Å². The summed E-state index contributed by atoms with van der Waals surface area (Å²) in [6, 6.07) is 6.58. The van der Waals surface area contributed by atoms with Crippen molar-refractivity contribution in [2.24, 2.45) is 0 Å². The highest BCUT2D eigenvalue weighted by Crippen LogP contribution is 2.12. The van der Waals surface area contributed by atoms with Gasteiger partial charge in [0.2, 0.25) is 5.69 Å². The molecule has 1 aromatic carbocycles. The van der Waals surface area contributed by atoms with Crippen molar-refractivity contribution < 1.29 is 14.3 Å². The van der Waals surface area contributed by atoms with Crippen molar-refractivity contribution in [3.63, 3.8) is 0 Å². The number of carbonyl (C=O) groups excluding carboxylic acids is 1. The van der Waals surface area contributed by atoms with Crippen LogP contribution >= 0.6 is 0 Å². The van der Waals surface area contributed by atoms with E-state index < -0.39 is 17.2 Å². The van der Waals surface area contributed by atoms with Crippen LogP contribution in [-0.4, -0.2) is 47.6 Å². The van der Waals surface area contributed by atoms with E-state index in [1.807, 2.05) is 6.92 Å². The summed E-state index contributed by atoms with van der Waals surface area (Å²) in [6.07, 6.45) is 0.562. The van der Waals surface area contributed by atoms with Crippen molar-refractivity contribution in [1.29, 1.82) is 0 Å². The monoisotopic (exact) mass is 362 g/mol.